The van der Waals surface area contributed by atoms with Crippen molar-refractivity contribution in [2.45, 2.75) is 40.2 Å². The normalized spacial score (nSPS) is 16.8. The summed E-state index contributed by atoms with van der Waals surface area (Å²) in [4.78, 5) is 11.8. The van der Waals surface area contributed by atoms with E-state index in [0.29, 0.717) is 6.67 Å². The van der Waals surface area contributed by atoms with E-state index in [1.54, 1.807) is 0 Å². The van der Waals surface area contributed by atoms with Crippen LogP contribution in [0, 0.1) is 5.92 Å². The lowest BCUT2D eigenvalue weighted by molar-refractivity contribution is 0.181. The molecule has 0 aliphatic carbocycles. The van der Waals surface area contributed by atoms with Crippen LogP contribution >= 0.6 is 0 Å². The second-order valence-electron chi connectivity index (χ2n) is 5.30. The number of hydrazone groups is 1. The zero-order valence-electron chi connectivity index (χ0n) is 10.6. The molecular formula is C10H21N5O. The summed E-state index contributed by atoms with van der Waals surface area (Å²) < 4.78 is 0. The number of hydrazine groups is 1. The summed E-state index contributed by atoms with van der Waals surface area (Å²) in [7, 11) is 0. The third-order valence-electron chi connectivity index (χ3n) is 2.04. The molecule has 0 fully saturated rings. The topological polar surface area (TPSA) is 74.0 Å². The number of amidine groups is 1. The minimum atomic E-state index is -0.271. The van der Waals surface area contributed by atoms with Crippen LogP contribution in [0.4, 0.5) is 4.79 Å². The molecule has 0 unspecified atom stereocenters. The lowest BCUT2D eigenvalue weighted by Gasteiger charge is -2.23. The van der Waals surface area contributed by atoms with Gasteiger partial charge >= 0.3 is 6.03 Å². The van der Waals surface area contributed by atoms with Crippen LogP contribution in [-0.4, -0.2) is 34.1 Å². The van der Waals surface area contributed by atoms with Gasteiger partial charge in [0.2, 0.25) is 0 Å². The number of amides is 2. The van der Waals surface area contributed by atoms with Gasteiger partial charge in [0.1, 0.15) is 12.5 Å². The van der Waals surface area contributed by atoms with Crippen molar-refractivity contribution in [1.82, 2.24) is 15.3 Å². The number of hydrogen-bond donors (Lipinski definition) is 2. The third-order valence-corrected chi connectivity index (χ3v) is 2.04. The molecule has 2 amide bonds. The number of carbonyl (C=O) groups is 1. The van der Waals surface area contributed by atoms with Crippen molar-refractivity contribution in [2.24, 2.45) is 16.9 Å². The van der Waals surface area contributed by atoms with Crippen LogP contribution in [0.2, 0.25) is 0 Å². The van der Waals surface area contributed by atoms with E-state index in [4.69, 9.17) is 5.84 Å². The number of nitrogens with zero attached hydrogens (tertiary/aromatic N) is 3. The molecule has 1 rings (SSSR count). The lowest BCUT2D eigenvalue weighted by Crippen LogP contribution is -2.48. The molecule has 6 heteroatoms. The maximum atomic E-state index is 11.8. The van der Waals surface area contributed by atoms with Gasteiger partial charge in [0.25, 0.3) is 0 Å². The Kier molecular flexibility index (Phi) is 3.42. The zero-order chi connectivity index (χ0) is 12.5. The molecule has 0 aromatic heterocycles. The monoisotopic (exact) mass is 227 g/mol. The van der Waals surface area contributed by atoms with Crippen LogP contribution in [0.1, 0.15) is 34.6 Å². The first-order chi connectivity index (χ1) is 7.20. The van der Waals surface area contributed by atoms with E-state index in [1.165, 1.54) is 10.0 Å². The molecule has 16 heavy (non-hydrogen) atoms. The SMILES string of the molecule is CC(C)C1=NN(C(=O)NC(C)(C)C)CN1N. The molecule has 1 aliphatic rings. The molecule has 0 saturated heterocycles. The zero-order valence-corrected chi connectivity index (χ0v) is 10.6. The van der Waals surface area contributed by atoms with E-state index in [1.807, 2.05) is 34.6 Å². The van der Waals surface area contributed by atoms with Crippen molar-refractivity contribution in [1.29, 1.82) is 0 Å². The number of nitrogens with two attached hydrogens (primary N) is 1. The molecule has 6 nitrogen and oxygen atoms in total. The standard InChI is InChI=1S/C10H21N5O/c1-7(2)8-13-15(6-14(8)11)9(16)12-10(3,4)5/h7H,6,11H2,1-5H3,(H,12,16). The first-order valence-corrected chi connectivity index (χ1v) is 5.41. The Morgan fingerprint density at radius 1 is 1.50 bits per heavy atom. The van der Waals surface area contributed by atoms with E-state index in [9.17, 15) is 4.79 Å². The van der Waals surface area contributed by atoms with Crippen LogP contribution < -0.4 is 11.2 Å². The third kappa shape index (κ3) is 3.10. The molecule has 0 atom stereocenters. The Hall–Kier alpha value is -1.30. The fourth-order valence-corrected chi connectivity index (χ4v) is 1.37. The summed E-state index contributed by atoms with van der Waals surface area (Å²) in [5.41, 5.74) is -0.271. The van der Waals surface area contributed by atoms with Crippen LogP contribution in [0.15, 0.2) is 5.10 Å². The molecule has 92 valence electrons. The Morgan fingerprint density at radius 3 is 2.44 bits per heavy atom. The van der Waals surface area contributed by atoms with E-state index in [2.05, 4.69) is 10.4 Å². The van der Waals surface area contributed by atoms with Gasteiger partial charge in [-0.2, -0.15) is 10.1 Å². The summed E-state index contributed by atoms with van der Waals surface area (Å²) in [5.74, 6) is 6.68. The van der Waals surface area contributed by atoms with Gasteiger partial charge < -0.3 is 5.32 Å². The van der Waals surface area contributed by atoms with Crippen molar-refractivity contribution in [2.75, 3.05) is 6.67 Å². The highest BCUT2D eigenvalue weighted by Crippen LogP contribution is 2.11. The molecule has 0 aromatic rings. The van der Waals surface area contributed by atoms with Crippen molar-refractivity contribution in [3.63, 3.8) is 0 Å². The summed E-state index contributed by atoms with van der Waals surface area (Å²) in [6.07, 6.45) is 0. The molecule has 0 saturated carbocycles. The first kappa shape index (κ1) is 12.8. The van der Waals surface area contributed by atoms with E-state index in [0.717, 1.165) is 5.84 Å². The van der Waals surface area contributed by atoms with Crippen LogP contribution in [0.3, 0.4) is 0 Å². The summed E-state index contributed by atoms with van der Waals surface area (Å²) in [5, 5.41) is 9.87. The Bertz CT molecular complexity index is 305. The quantitative estimate of drug-likeness (QED) is 0.654. The van der Waals surface area contributed by atoms with E-state index in [-0.39, 0.29) is 17.5 Å². The van der Waals surface area contributed by atoms with Crippen molar-refractivity contribution in [3.05, 3.63) is 0 Å². The van der Waals surface area contributed by atoms with Gasteiger partial charge in [0.15, 0.2) is 0 Å². The highest BCUT2D eigenvalue weighted by Gasteiger charge is 2.28. The Labute approximate surface area is 96.4 Å². The van der Waals surface area contributed by atoms with Gasteiger partial charge in [-0.15, -0.1) is 0 Å². The van der Waals surface area contributed by atoms with Gasteiger partial charge in [-0.3, -0.25) is 5.01 Å². The van der Waals surface area contributed by atoms with Crippen molar-refractivity contribution in [3.8, 4) is 0 Å². The molecule has 0 radical (unpaired) electrons. The molecule has 1 heterocycles. The smallest absolute Gasteiger partial charge is 0.332 e. The van der Waals surface area contributed by atoms with Crippen LogP contribution in [0.25, 0.3) is 0 Å². The maximum Gasteiger partial charge on any atom is 0.340 e. The van der Waals surface area contributed by atoms with Gasteiger partial charge in [0, 0.05) is 11.5 Å². The van der Waals surface area contributed by atoms with E-state index < -0.39 is 0 Å². The lowest BCUT2D eigenvalue weighted by atomic mass is 10.1. The maximum absolute atomic E-state index is 11.8. The van der Waals surface area contributed by atoms with Gasteiger partial charge in [-0.1, -0.05) is 13.8 Å². The van der Waals surface area contributed by atoms with Gasteiger partial charge in [-0.05, 0) is 20.8 Å². The minimum absolute atomic E-state index is 0.206. The minimum Gasteiger partial charge on any atom is -0.332 e. The number of nitrogens with one attached hydrogen (secondary N) is 1. The Balaban J connectivity index is 2.68. The number of urea groups is 1. The summed E-state index contributed by atoms with van der Waals surface area (Å²) in [6.45, 7) is 10.1. The first-order valence-electron chi connectivity index (χ1n) is 5.41. The molecule has 0 aromatic carbocycles. The van der Waals surface area contributed by atoms with Crippen LogP contribution in [0.5, 0.6) is 0 Å². The second kappa shape index (κ2) is 4.29. The second-order valence-corrected chi connectivity index (χ2v) is 5.30. The summed E-state index contributed by atoms with van der Waals surface area (Å²) >= 11 is 0. The molecule has 0 spiro atoms. The number of hydrogen-bond acceptors (Lipinski definition) is 4. The molecule has 1 aliphatic heterocycles. The van der Waals surface area contributed by atoms with Crippen LogP contribution in [-0.2, 0) is 0 Å². The number of carbonyl (C=O) groups excluding carboxylic acids is 1. The molecular weight excluding hydrogens is 206 g/mol. The summed E-state index contributed by atoms with van der Waals surface area (Å²) in [6, 6.07) is -0.224. The van der Waals surface area contributed by atoms with Crippen molar-refractivity contribution >= 4 is 11.9 Å². The van der Waals surface area contributed by atoms with Gasteiger partial charge in [-0.25, -0.2) is 10.6 Å². The largest absolute Gasteiger partial charge is 0.340 e. The fraction of sp³-hybridized carbons (Fsp3) is 0.800. The van der Waals surface area contributed by atoms with Crippen molar-refractivity contribution < 1.29 is 4.79 Å². The van der Waals surface area contributed by atoms with E-state index >= 15 is 0 Å². The Morgan fingerprint density at radius 2 is 2.06 bits per heavy atom. The highest BCUT2D eigenvalue weighted by molar-refractivity contribution is 5.87. The predicted molar refractivity (Wildman–Crippen MR) is 63.3 cm³/mol. The average molecular weight is 227 g/mol. The average Bonchev–Trinajstić information content (AvgIpc) is 2.44. The van der Waals surface area contributed by atoms with Gasteiger partial charge in [0.05, 0.1) is 0 Å². The fourth-order valence-electron chi connectivity index (χ4n) is 1.37. The predicted octanol–water partition coefficient (Wildman–Crippen LogP) is 0.913. The highest BCUT2D eigenvalue weighted by atomic mass is 16.2. The molecule has 3 N–H and O–H groups in total. The number of rotatable bonds is 1. The molecule has 0 bridgehead atoms.